The van der Waals surface area contributed by atoms with Crippen molar-refractivity contribution in [2.45, 2.75) is 18.7 Å². The molecule has 2 N–H and O–H groups in total. The molecule has 0 atom stereocenters. The van der Waals surface area contributed by atoms with Crippen molar-refractivity contribution in [2.75, 3.05) is 16.6 Å². The minimum Gasteiger partial charge on any atom is -0.484 e. The normalized spacial score (nSPS) is 11.1. The second kappa shape index (κ2) is 9.60. The summed E-state index contributed by atoms with van der Waals surface area (Å²) < 4.78 is 33.1. The van der Waals surface area contributed by atoms with Crippen LogP contribution in [-0.2, 0) is 14.8 Å². The summed E-state index contributed by atoms with van der Waals surface area (Å²) in [6.45, 7) is 3.44. The van der Waals surface area contributed by atoms with Gasteiger partial charge in [0.05, 0.1) is 10.6 Å². The summed E-state index contributed by atoms with van der Waals surface area (Å²) in [6, 6.07) is 15.8. The minimum atomic E-state index is -3.79. The number of hydrogen-bond acceptors (Lipinski definition) is 4. The Labute approximate surface area is 191 Å². The number of amides is 1. The standard InChI is InChI=1S/C22H20Cl2N2O4S/c1-14-3-5-17(12-20(14)24)26-31(28,29)19-8-6-18(7-9-19)30-13-22(27)25-21-10-4-16(23)11-15(21)2/h3-12,26H,13H2,1-2H3,(H,25,27). The lowest BCUT2D eigenvalue weighted by Crippen LogP contribution is -2.20. The summed E-state index contributed by atoms with van der Waals surface area (Å²) in [5, 5.41) is 3.79. The molecule has 3 rings (SSSR count). The number of ether oxygens (including phenoxy) is 1. The largest absolute Gasteiger partial charge is 0.484 e. The second-order valence-corrected chi connectivity index (χ2v) is 9.36. The van der Waals surface area contributed by atoms with Gasteiger partial charge in [-0.1, -0.05) is 29.3 Å². The summed E-state index contributed by atoms with van der Waals surface area (Å²) in [6.07, 6.45) is 0. The quantitative estimate of drug-likeness (QED) is 0.474. The molecule has 0 aliphatic rings. The first-order chi connectivity index (χ1) is 14.6. The van der Waals surface area contributed by atoms with Gasteiger partial charge in [0.25, 0.3) is 15.9 Å². The zero-order valence-electron chi connectivity index (χ0n) is 16.8. The van der Waals surface area contributed by atoms with Crippen LogP contribution in [0.2, 0.25) is 10.0 Å². The molecule has 0 bridgehead atoms. The zero-order chi connectivity index (χ0) is 22.6. The first kappa shape index (κ1) is 22.9. The molecule has 0 aliphatic heterocycles. The van der Waals surface area contributed by atoms with Crippen LogP contribution in [0, 0.1) is 13.8 Å². The first-order valence-electron chi connectivity index (χ1n) is 9.22. The van der Waals surface area contributed by atoms with Crippen LogP contribution < -0.4 is 14.8 Å². The SMILES string of the molecule is Cc1ccc(NS(=O)(=O)c2ccc(OCC(=O)Nc3ccc(Cl)cc3C)cc2)cc1Cl. The Hall–Kier alpha value is -2.74. The molecule has 0 saturated heterocycles. The van der Waals surface area contributed by atoms with E-state index in [0.717, 1.165) is 11.1 Å². The molecule has 0 aliphatic carbocycles. The predicted molar refractivity (Wildman–Crippen MR) is 124 cm³/mol. The van der Waals surface area contributed by atoms with E-state index in [-0.39, 0.29) is 17.4 Å². The van der Waals surface area contributed by atoms with Gasteiger partial charge in [0.1, 0.15) is 5.75 Å². The van der Waals surface area contributed by atoms with Crippen LogP contribution in [0.1, 0.15) is 11.1 Å². The van der Waals surface area contributed by atoms with Gasteiger partial charge in [-0.2, -0.15) is 0 Å². The summed E-state index contributed by atoms with van der Waals surface area (Å²) in [7, 11) is -3.79. The van der Waals surface area contributed by atoms with Crippen molar-refractivity contribution in [3.8, 4) is 5.75 Å². The number of hydrogen-bond donors (Lipinski definition) is 2. The average molecular weight is 479 g/mol. The van der Waals surface area contributed by atoms with Gasteiger partial charge in [-0.25, -0.2) is 8.42 Å². The fraction of sp³-hybridized carbons (Fsp3) is 0.136. The average Bonchev–Trinajstić information content (AvgIpc) is 2.71. The van der Waals surface area contributed by atoms with E-state index < -0.39 is 10.0 Å². The summed E-state index contributed by atoms with van der Waals surface area (Å²) in [5.74, 6) is 0.0142. The Morgan fingerprint density at radius 2 is 1.65 bits per heavy atom. The Bertz CT molecular complexity index is 1210. The van der Waals surface area contributed by atoms with Gasteiger partial charge >= 0.3 is 0 Å². The van der Waals surface area contributed by atoms with Crippen molar-refractivity contribution in [2.24, 2.45) is 0 Å². The van der Waals surface area contributed by atoms with Crippen LogP contribution in [0.25, 0.3) is 0 Å². The molecule has 0 fully saturated rings. The maximum Gasteiger partial charge on any atom is 0.262 e. The van der Waals surface area contributed by atoms with E-state index in [0.29, 0.717) is 27.2 Å². The smallest absolute Gasteiger partial charge is 0.262 e. The Balaban J connectivity index is 1.60. The lowest BCUT2D eigenvalue weighted by molar-refractivity contribution is -0.118. The number of aryl methyl sites for hydroxylation is 2. The highest BCUT2D eigenvalue weighted by Gasteiger charge is 2.15. The maximum absolute atomic E-state index is 12.6. The molecule has 0 radical (unpaired) electrons. The number of halogens is 2. The zero-order valence-corrected chi connectivity index (χ0v) is 19.1. The van der Waals surface area contributed by atoms with Crippen molar-refractivity contribution in [1.29, 1.82) is 0 Å². The number of carbonyl (C=O) groups excluding carboxylic acids is 1. The third-order valence-corrected chi connectivity index (χ3v) is 6.43. The van der Waals surface area contributed by atoms with Crippen molar-refractivity contribution in [3.05, 3.63) is 81.8 Å². The highest BCUT2D eigenvalue weighted by Crippen LogP contribution is 2.24. The Morgan fingerprint density at radius 3 is 2.29 bits per heavy atom. The van der Waals surface area contributed by atoms with E-state index in [4.69, 9.17) is 27.9 Å². The summed E-state index contributed by atoms with van der Waals surface area (Å²) in [4.78, 5) is 12.2. The third kappa shape index (κ3) is 6.13. The fourth-order valence-electron chi connectivity index (χ4n) is 2.69. The van der Waals surface area contributed by atoms with Gasteiger partial charge in [0.15, 0.2) is 6.61 Å². The van der Waals surface area contributed by atoms with Crippen LogP contribution in [-0.4, -0.2) is 20.9 Å². The first-order valence-corrected chi connectivity index (χ1v) is 11.5. The molecule has 6 nitrogen and oxygen atoms in total. The topological polar surface area (TPSA) is 84.5 Å². The van der Waals surface area contributed by atoms with Crippen LogP contribution in [0.3, 0.4) is 0 Å². The molecular formula is C22H20Cl2N2O4S. The minimum absolute atomic E-state index is 0.0535. The van der Waals surface area contributed by atoms with E-state index in [1.807, 2.05) is 13.8 Å². The molecule has 31 heavy (non-hydrogen) atoms. The van der Waals surface area contributed by atoms with E-state index in [1.54, 1.807) is 36.4 Å². The van der Waals surface area contributed by atoms with Crippen molar-refractivity contribution in [3.63, 3.8) is 0 Å². The molecule has 162 valence electrons. The van der Waals surface area contributed by atoms with Crippen LogP contribution >= 0.6 is 23.2 Å². The van der Waals surface area contributed by atoms with E-state index in [9.17, 15) is 13.2 Å². The van der Waals surface area contributed by atoms with Gasteiger partial charge in [-0.15, -0.1) is 0 Å². The highest BCUT2D eigenvalue weighted by atomic mass is 35.5. The summed E-state index contributed by atoms with van der Waals surface area (Å²) in [5.41, 5.74) is 2.69. The molecule has 0 saturated carbocycles. The number of benzene rings is 3. The van der Waals surface area contributed by atoms with Gasteiger partial charge in [-0.3, -0.25) is 9.52 Å². The molecule has 0 spiro atoms. The molecule has 1 amide bonds. The summed E-state index contributed by atoms with van der Waals surface area (Å²) >= 11 is 12.0. The number of rotatable bonds is 7. The highest BCUT2D eigenvalue weighted by molar-refractivity contribution is 7.92. The Morgan fingerprint density at radius 1 is 0.935 bits per heavy atom. The van der Waals surface area contributed by atoms with E-state index in [1.165, 1.54) is 24.3 Å². The van der Waals surface area contributed by atoms with E-state index in [2.05, 4.69) is 10.0 Å². The molecular weight excluding hydrogens is 459 g/mol. The number of nitrogens with one attached hydrogen (secondary N) is 2. The molecule has 9 heteroatoms. The molecule has 3 aromatic carbocycles. The second-order valence-electron chi connectivity index (χ2n) is 6.84. The van der Waals surface area contributed by atoms with E-state index >= 15 is 0 Å². The monoisotopic (exact) mass is 478 g/mol. The Kier molecular flexibility index (Phi) is 7.10. The van der Waals surface area contributed by atoms with Crippen molar-refractivity contribution in [1.82, 2.24) is 0 Å². The predicted octanol–water partition coefficient (Wildman–Crippen LogP) is 5.43. The van der Waals surface area contributed by atoms with Gasteiger partial charge < -0.3 is 10.1 Å². The van der Waals surface area contributed by atoms with Gasteiger partial charge in [-0.05, 0) is 79.6 Å². The van der Waals surface area contributed by atoms with Gasteiger partial charge in [0, 0.05) is 15.7 Å². The molecule has 0 aromatic heterocycles. The van der Waals surface area contributed by atoms with Crippen LogP contribution in [0.15, 0.2) is 65.6 Å². The van der Waals surface area contributed by atoms with Crippen molar-refractivity contribution < 1.29 is 17.9 Å². The van der Waals surface area contributed by atoms with Crippen molar-refractivity contribution >= 4 is 50.5 Å². The van der Waals surface area contributed by atoms with Gasteiger partial charge in [0.2, 0.25) is 0 Å². The molecule has 0 heterocycles. The number of carbonyl (C=O) groups is 1. The lowest BCUT2D eigenvalue weighted by atomic mass is 10.2. The molecule has 3 aromatic rings. The number of sulfonamides is 1. The third-order valence-electron chi connectivity index (χ3n) is 4.39. The fourth-order valence-corrected chi connectivity index (χ4v) is 4.14. The lowest BCUT2D eigenvalue weighted by Gasteiger charge is -2.11. The van der Waals surface area contributed by atoms with Crippen LogP contribution in [0.4, 0.5) is 11.4 Å². The molecule has 0 unspecified atom stereocenters. The maximum atomic E-state index is 12.6. The van der Waals surface area contributed by atoms with Crippen LogP contribution in [0.5, 0.6) is 5.75 Å². The number of anilines is 2.